The van der Waals surface area contributed by atoms with Gasteiger partial charge in [0.05, 0.1) is 18.3 Å². The van der Waals surface area contributed by atoms with Crippen molar-refractivity contribution >= 4 is 34.5 Å². The SMILES string of the molecule is CCn1cc(-c2nc3c4cccc(F)c4nc(N[C@@H]4CN(C(=O)OCc5ccccc5)CCNC4=O)n3n2)cn1. The number of halogens is 1. The van der Waals surface area contributed by atoms with Gasteiger partial charge < -0.3 is 20.3 Å². The molecule has 1 aliphatic rings. The van der Waals surface area contributed by atoms with Gasteiger partial charge in [-0.25, -0.2) is 19.2 Å². The number of carbonyl (C=O) groups excluding carboxylic acids is 2. The van der Waals surface area contributed by atoms with Crippen molar-refractivity contribution in [2.24, 2.45) is 0 Å². The number of benzene rings is 2. The summed E-state index contributed by atoms with van der Waals surface area (Å²) in [5.74, 6) is -0.402. The van der Waals surface area contributed by atoms with Crippen molar-refractivity contribution in [1.82, 2.24) is 39.6 Å². The lowest BCUT2D eigenvalue weighted by Crippen LogP contribution is -2.44. The minimum atomic E-state index is -0.915. The van der Waals surface area contributed by atoms with Gasteiger partial charge in [0.25, 0.3) is 0 Å². The summed E-state index contributed by atoms with van der Waals surface area (Å²) >= 11 is 0. The summed E-state index contributed by atoms with van der Waals surface area (Å²) in [6.07, 6.45) is 2.92. The maximum absolute atomic E-state index is 14.9. The Labute approximate surface area is 227 Å². The predicted octanol–water partition coefficient (Wildman–Crippen LogP) is 2.85. The summed E-state index contributed by atoms with van der Waals surface area (Å²) < 4.78 is 23.5. The van der Waals surface area contributed by atoms with Gasteiger partial charge in [0.15, 0.2) is 11.5 Å². The van der Waals surface area contributed by atoms with Gasteiger partial charge in [-0.1, -0.05) is 36.4 Å². The van der Waals surface area contributed by atoms with Crippen LogP contribution in [0.1, 0.15) is 12.5 Å². The van der Waals surface area contributed by atoms with Gasteiger partial charge in [-0.2, -0.15) is 9.61 Å². The molecule has 6 rings (SSSR count). The molecule has 0 aliphatic carbocycles. The molecule has 0 spiro atoms. The number of amides is 2. The molecule has 3 aromatic heterocycles. The first-order valence-electron chi connectivity index (χ1n) is 12.9. The second-order valence-corrected chi connectivity index (χ2v) is 9.30. The van der Waals surface area contributed by atoms with E-state index in [9.17, 15) is 14.0 Å². The number of rotatable bonds is 6. The van der Waals surface area contributed by atoms with Crippen LogP contribution in [0.15, 0.2) is 60.9 Å². The van der Waals surface area contributed by atoms with Crippen molar-refractivity contribution in [1.29, 1.82) is 0 Å². The van der Waals surface area contributed by atoms with E-state index in [1.807, 2.05) is 43.5 Å². The average molecular weight is 544 g/mol. The average Bonchev–Trinajstić information content (AvgIpc) is 3.60. The summed E-state index contributed by atoms with van der Waals surface area (Å²) in [6.45, 7) is 3.27. The van der Waals surface area contributed by atoms with E-state index in [-0.39, 0.29) is 43.6 Å². The fourth-order valence-corrected chi connectivity index (χ4v) is 4.54. The zero-order valence-electron chi connectivity index (χ0n) is 21.6. The first-order chi connectivity index (χ1) is 19.5. The highest BCUT2D eigenvalue weighted by Crippen LogP contribution is 2.26. The Morgan fingerprint density at radius 1 is 1.18 bits per heavy atom. The summed E-state index contributed by atoms with van der Waals surface area (Å²) in [7, 11) is 0. The number of aromatic nitrogens is 6. The Morgan fingerprint density at radius 2 is 2.02 bits per heavy atom. The van der Waals surface area contributed by atoms with Crippen LogP contribution in [0.5, 0.6) is 0 Å². The summed E-state index contributed by atoms with van der Waals surface area (Å²) in [6, 6.07) is 13.0. The third kappa shape index (κ3) is 4.88. The third-order valence-electron chi connectivity index (χ3n) is 6.64. The molecule has 40 heavy (non-hydrogen) atoms. The molecule has 2 amide bonds. The molecule has 204 valence electrons. The van der Waals surface area contributed by atoms with Crippen LogP contribution in [-0.4, -0.2) is 71.9 Å². The number of para-hydroxylation sites is 1. The first-order valence-corrected chi connectivity index (χ1v) is 12.9. The van der Waals surface area contributed by atoms with Gasteiger partial charge in [0.2, 0.25) is 11.9 Å². The third-order valence-corrected chi connectivity index (χ3v) is 6.64. The Hall–Kier alpha value is -5.07. The summed E-state index contributed by atoms with van der Waals surface area (Å²) in [5.41, 5.74) is 1.97. The molecule has 1 aliphatic heterocycles. The molecule has 5 aromatic rings. The lowest BCUT2D eigenvalue weighted by Gasteiger charge is -2.23. The van der Waals surface area contributed by atoms with Crippen molar-refractivity contribution in [3.8, 4) is 11.4 Å². The highest BCUT2D eigenvalue weighted by molar-refractivity contribution is 5.94. The van der Waals surface area contributed by atoms with Crippen LogP contribution in [-0.2, 0) is 22.7 Å². The van der Waals surface area contributed by atoms with Crippen molar-refractivity contribution in [2.75, 3.05) is 25.0 Å². The molecule has 1 fully saturated rings. The van der Waals surface area contributed by atoms with Gasteiger partial charge in [-0.05, 0) is 24.6 Å². The van der Waals surface area contributed by atoms with Crippen LogP contribution < -0.4 is 10.6 Å². The second-order valence-electron chi connectivity index (χ2n) is 9.30. The smallest absolute Gasteiger partial charge is 0.410 e. The molecule has 0 saturated carbocycles. The summed E-state index contributed by atoms with van der Waals surface area (Å²) in [5, 5.41) is 15.2. The minimum absolute atomic E-state index is 0.00274. The van der Waals surface area contributed by atoms with E-state index in [2.05, 4.69) is 30.8 Å². The van der Waals surface area contributed by atoms with Gasteiger partial charge in [0, 0.05) is 31.2 Å². The van der Waals surface area contributed by atoms with Gasteiger partial charge in [-0.3, -0.25) is 9.48 Å². The van der Waals surface area contributed by atoms with E-state index in [0.717, 1.165) is 5.56 Å². The first kappa shape index (κ1) is 25.2. The topological polar surface area (TPSA) is 132 Å². The summed E-state index contributed by atoms with van der Waals surface area (Å²) in [4.78, 5) is 36.4. The number of carbonyl (C=O) groups is 2. The fraction of sp³-hybridized carbons (Fsp3) is 0.259. The normalized spacial score (nSPS) is 15.7. The molecule has 12 nitrogen and oxygen atoms in total. The molecule has 4 heterocycles. The van der Waals surface area contributed by atoms with Crippen LogP contribution in [0.3, 0.4) is 0 Å². The van der Waals surface area contributed by atoms with Crippen molar-refractivity contribution in [3.05, 3.63) is 72.3 Å². The Balaban J connectivity index is 1.32. The lowest BCUT2D eigenvalue weighted by atomic mass is 10.2. The number of fused-ring (bicyclic) bond motifs is 3. The number of aryl methyl sites for hydroxylation is 1. The molecule has 0 bridgehead atoms. The van der Waals surface area contributed by atoms with Crippen LogP contribution in [0.4, 0.5) is 15.1 Å². The van der Waals surface area contributed by atoms with Crippen LogP contribution in [0, 0.1) is 5.82 Å². The van der Waals surface area contributed by atoms with Crippen molar-refractivity contribution < 1.29 is 18.7 Å². The molecule has 0 radical (unpaired) electrons. The number of hydrogen-bond donors (Lipinski definition) is 2. The number of anilines is 1. The minimum Gasteiger partial charge on any atom is -0.445 e. The van der Waals surface area contributed by atoms with E-state index >= 15 is 0 Å². The van der Waals surface area contributed by atoms with Gasteiger partial charge in [-0.15, -0.1) is 5.10 Å². The maximum atomic E-state index is 14.9. The Bertz CT molecular complexity index is 1700. The second kappa shape index (κ2) is 10.6. The fourth-order valence-electron chi connectivity index (χ4n) is 4.54. The molecular formula is C27H26FN9O3. The highest BCUT2D eigenvalue weighted by atomic mass is 19.1. The number of nitrogens with one attached hydrogen (secondary N) is 2. The largest absolute Gasteiger partial charge is 0.445 e. The zero-order valence-corrected chi connectivity index (χ0v) is 21.6. The molecule has 0 unspecified atom stereocenters. The molecule has 1 atom stereocenters. The van der Waals surface area contributed by atoms with Gasteiger partial charge >= 0.3 is 6.09 Å². The zero-order chi connectivity index (χ0) is 27.6. The lowest BCUT2D eigenvalue weighted by molar-refractivity contribution is -0.121. The molecule has 2 N–H and O–H groups in total. The molecule has 13 heteroatoms. The molecular weight excluding hydrogens is 517 g/mol. The van der Waals surface area contributed by atoms with Crippen LogP contribution >= 0.6 is 0 Å². The van der Waals surface area contributed by atoms with Crippen LogP contribution in [0.25, 0.3) is 27.9 Å². The van der Waals surface area contributed by atoms with Crippen molar-refractivity contribution in [3.63, 3.8) is 0 Å². The monoisotopic (exact) mass is 543 g/mol. The predicted molar refractivity (Wildman–Crippen MR) is 144 cm³/mol. The van der Waals surface area contributed by atoms with E-state index in [4.69, 9.17) is 4.74 Å². The molecule has 1 saturated heterocycles. The quantitative estimate of drug-likeness (QED) is 0.334. The number of hydrogen-bond acceptors (Lipinski definition) is 8. The van der Waals surface area contributed by atoms with Crippen molar-refractivity contribution in [2.45, 2.75) is 26.1 Å². The number of ether oxygens (including phenoxy) is 1. The van der Waals surface area contributed by atoms with E-state index in [1.54, 1.807) is 23.0 Å². The van der Waals surface area contributed by atoms with E-state index < -0.39 is 18.0 Å². The van der Waals surface area contributed by atoms with Gasteiger partial charge in [0.1, 0.15) is 24.0 Å². The highest BCUT2D eigenvalue weighted by Gasteiger charge is 2.30. The van der Waals surface area contributed by atoms with E-state index in [1.165, 1.54) is 15.5 Å². The Morgan fingerprint density at radius 3 is 2.83 bits per heavy atom. The molecule has 2 aromatic carbocycles. The number of nitrogens with zero attached hydrogens (tertiary/aromatic N) is 7. The van der Waals surface area contributed by atoms with E-state index in [0.29, 0.717) is 29.0 Å². The Kier molecular flexibility index (Phi) is 6.68. The maximum Gasteiger partial charge on any atom is 0.410 e. The van der Waals surface area contributed by atoms with Crippen LogP contribution in [0.2, 0.25) is 0 Å². The standard InChI is InChI=1S/C27H26FN9O3/c1-2-36-14-18(13-30-36)23-33-24-19-9-6-10-20(28)22(19)32-26(37(24)34-23)31-21-15-35(12-11-29-25(21)38)27(39)40-16-17-7-4-3-5-8-17/h3-10,13-14,21H,2,11-12,15-16H2,1H3,(H,29,38)(H,31,32)/t21-/m1/s1.